The van der Waals surface area contributed by atoms with Crippen LogP contribution in [0.1, 0.15) is 12.5 Å². The van der Waals surface area contributed by atoms with E-state index in [2.05, 4.69) is 11.1 Å². The van der Waals surface area contributed by atoms with Gasteiger partial charge >= 0.3 is 0 Å². The Kier molecular flexibility index (Phi) is 2.02. The SMILES string of the molecule is C/C=C/c1cc[nH+]cc1. The zero-order valence-electron chi connectivity index (χ0n) is 5.46. The van der Waals surface area contributed by atoms with Crippen molar-refractivity contribution < 1.29 is 4.98 Å². The average molecular weight is 120 g/mol. The molecule has 1 rings (SSSR count). The normalized spacial score (nSPS) is 10.3. The molecule has 1 aromatic rings. The maximum atomic E-state index is 2.96. The highest BCUT2D eigenvalue weighted by molar-refractivity contribution is 5.46. The number of rotatable bonds is 1. The van der Waals surface area contributed by atoms with Crippen LogP contribution in [0.5, 0.6) is 0 Å². The van der Waals surface area contributed by atoms with Crippen LogP contribution in [0.3, 0.4) is 0 Å². The summed E-state index contributed by atoms with van der Waals surface area (Å²) in [6, 6.07) is 4.06. The van der Waals surface area contributed by atoms with E-state index >= 15 is 0 Å². The molecule has 0 aromatic carbocycles. The van der Waals surface area contributed by atoms with E-state index in [0.717, 1.165) is 0 Å². The van der Waals surface area contributed by atoms with Crippen molar-refractivity contribution in [1.82, 2.24) is 0 Å². The van der Waals surface area contributed by atoms with Crippen LogP contribution in [0.4, 0.5) is 0 Å². The minimum Gasteiger partial charge on any atom is -0.218 e. The summed E-state index contributed by atoms with van der Waals surface area (Å²) in [5.74, 6) is 0. The molecule has 0 aliphatic heterocycles. The molecule has 0 amide bonds. The molecule has 0 aliphatic carbocycles. The molecule has 0 unspecified atom stereocenters. The summed E-state index contributed by atoms with van der Waals surface area (Å²) in [5, 5.41) is 0. The van der Waals surface area contributed by atoms with Gasteiger partial charge < -0.3 is 0 Å². The minimum absolute atomic E-state index is 1.23. The first-order valence-electron chi connectivity index (χ1n) is 3.02. The maximum Gasteiger partial charge on any atom is 0.167 e. The fourth-order valence-electron chi connectivity index (χ4n) is 0.703. The lowest BCUT2D eigenvalue weighted by Gasteiger charge is -1.82. The van der Waals surface area contributed by atoms with E-state index in [-0.39, 0.29) is 0 Å². The first-order chi connectivity index (χ1) is 4.43. The Bertz CT molecular complexity index is 189. The Morgan fingerprint density at radius 1 is 1.33 bits per heavy atom. The molecule has 1 heterocycles. The van der Waals surface area contributed by atoms with Crippen LogP contribution in [-0.4, -0.2) is 0 Å². The van der Waals surface area contributed by atoms with Gasteiger partial charge in [0.15, 0.2) is 12.4 Å². The number of hydrogen-bond acceptors (Lipinski definition) is 0. The summed E-state index contributed by atoms with van der Waals surface area (Å²) in [7, 11) is 0. The number of H-pyrrole nitrogens is 1. The lowest BCUT2D eigenvalue weighted by atomic mass is 10.2. The second-order valence-corrected chi connectivity index (χ2v) is 1.83. The number of nitrogens with one attached hydrogen (secondary N) is 1. The molecule has 0 atom stereocenters. The van der Waals surface area contributed by atoms with Crippen molar-refractivity contribution >= 4 is 6.08 Å². The molecular weight excluding hydrogens is 110 g/mol. The molecular formula is C8H10N+. The average Bonchev–Trinajstić information content (AvgIpc) is 1.91. The molecule has 9 heavy (non-hydrogen) atoms. The Morgan fingerprint density at radius 3 is 2.56 bits per heavy atom. The molecule has 0 saturated heterocycles. The van der Waals surface area contributed by atoms with Gasteiger partial charge in [-0.3, -0.25) is 0 Å². The van der Waals surface area contributed by atoms with Crippen LogP contribution in [0.15, 0.2) is 30.6 Å². The fraction of sp³-hybridized carbons (Fsp3) is 0.125. The third-order valence-electron chi connectivity index (χ3n) is 1.10. The molecule has 1 aromatic heterocycles. The molecule has 0 saturated carbocycles. The van der Waals surface area contributed by atoms with Crippen molar-refractivity contribution in [2.45, 2.75) is 6.92 Å². The van der Waals surface area contributed by atoms with Crippen molar-refractivity contribution in [3.05, 3.63) is 36.2 Å². The zero-order valence-corrected chi connectivity index (χ0v) is 5.46. The standard InChI is InChI=1S/C8H9N/c1-2-3-8-4-6-9-7-5-8/h2-7H,1H3/p+1/b3-2+. The van der Waals surface area contributed by atoms with Gasteiger partial charge in [-0.25, -0.2) is 4.98 Å². The largest absolute Gasteiger partial charge is 0.218 e. The second-order valence-electron chi connectivity index (χ2n) is 1.83. The topological polar surface area (TPSA) is 14.1 Å². The molecule has 46 valence electrons. The number of aromatic amines is 1. The smallest absolute Gasteiger partial charge is 0.167 e. The van der Waals surface area contributed by atoms with E-state index in [1.54, 1.807) is 0 Å². The van der Waals surface area contributed by atoms with Gasteiger partial charge in [-0.05, 0) is 12.5 Å². The van der Waals surface area contributed by atoms with Crippen LogP contribution in [-0.2, 0) is 0 Å². The maximum absolute atomic E-state index is 2.96. The van der Waals surface area contributed by atoms with Crippen molar-refractivity contribution in [3.63, 3.8) is 0 Å². The van der Waals surface area contributed by atoms with E-state index in [9.17, 15) is 0 Å². The zero-order chi connectivity index (χ0) is 6.53. The summed E-state index contributed by atoms with van der Waals surface area (Å²) in [4.78, 5) is 2.96. The summed E-state index contributed by atoms with van der Waals surface area (Å²) < 4.78 is 0. The van der Waals surface area contributed by atoms with E-state index in [0.29, 0.717) is 0 Å². The summed E-state index contributed by atoms with van der Waals surface area (Å²) >= 11 is 0. The molecule has 0 spiro atoms. The second kappa shape index (κ2) is 3.02. The third-order valence-corrected chi connectivity index (χ3v) is 1.10. The minimum atomic E-state index is 1.23. The van der Waals surface area contributed by atoms with Gasteiger partial charge in [0.1, 0.15) is 0 Å². The molecule has 0 bridgehead atoms. The molecule has 0 aliphatic rings. The lowest BCUT2D eigenvalue weighted by Crippen LogP contribution is -1.96. The Hall–Kier alpha value is -1.11. The summed E-state index contributed by atoms with van der Waals surface area (Å²) in [5.41, 5.74) is 1.23. The number of aromatic nitrogens is 1. The van der Waals surface area contributed by atoms with E-state index < -0.39 is 0 Å². The third kappa shape index (κ3) is 1.68. The first kappa shape index (κ1) is 6.02. The Balaban J connectivity index is 2.85. The highest BCUT2D eigenvalue weighted by atomic mass is 14.6. The number of allylic oxidation sites excluding steroid dienone is 1. The van der Waals surface area contributed by atoms with Crippen LogP contribution in [0.2, 0.25) is 0 Å². The molecule has 0 fully saturated rings. The quantitative estimate of drug-likeness (QED) is 0.533. The first-order valence-corrected chi connectivity index (χ1v) is 3.02. The van der Waals surface area contributed by atoms with Crippen molar-refractivity contribution in [3.8, 4) is 0 Å². The predicted octanol–water partition coefficient (Wildman–Crippen LogP) is 1.53. The van der Waals surface area contributed by atoms with E-state index in [1.807, 2.05) is 37.5 Å². The summed E-state index contributed by atoms with van der Waals surface area (Å²) in [6.07, 6.45) is 7.91. The van der Waals surface area contributed by atoms with Crippen molar-refractivity contribution in [1.29, 1.82) is 0 Å². The van der Waals surface area contributed by atoms with Gasteiger partial charge in [-0.1, -0.05) is 12.2 Å². The van der Waals surface area contributed by atoms with Gasteiger partial charge in [0, 0.05) is 12.1 Å². The molecule has 1 N–H and O–H groups in total. The van der Waals surface area contributed by atoms with E-state index in [1.165, 1.54) is 5.56 Å². The van der Waals surface area contributed by atoms with Gasteiger partial charge in [0.2, 0.25) is 0 Å². The monoisotopic (exact) mass is 120 g/mol. The fourth-order valence-corrected chi connectivity index (χ4v) is 0.703. The molecule has 0 radical (unpaired) electrons. The number of pyridine rings is 1. The van der Waals surface area contributed by atoms with Gasteiger partial charge in [-0.2, -0.15) is 0 Å². The molecule has 1 heteroatoms. The number of hydrogen-bond donors (Lipinski definition) is 0. The summed E-state index contributed by atoms with van der Waals surface area (Å²) in [6.45, 7) is 2.01. The Morgan fingerprint density at radius 2 is 2.00 bits per heavy atom. The van der Waals surface area contributed by atoms with Crippen LogP contribution in [0, 0.1) is 0 Å². The predicted molar refractivity (Wildman–Crippen MR) is 37.7 cm³/mol. The highest BCUT2D eigenvalue weighted by Crippen LogP contribution is 1.95. The molecule has 1 nitrogen and oxygen atoms in total. The van der Waals surface area contributed by atoms with Gasteiger partial charge in [-0.15, -0.1) is 0 Å². The Labute approximate surface area is 55.1 Å². The van der Waals surface area contributed by atoms with Crippen molar-refractivity contribution in [2.75, 3.05) is 0 Å². The van der Waals surface area contributed by atoms with Crippen LogP contribution < -0.4 is 4.98 Å². The lowest BCUT2D eigenvalue weighted by molar-refractivity contribution is -0.378. The van der Waals surface area contributed by atoms with Gasteiger partial charge in [0.25, 0.3) is 0 Å². The highest BCUT2D eigenvalue weighted by Gasteiger charge is 1.82. The van der Waals surface area contributed by atoms with Gasteiger partial charge in [0.05, 0.1) is 0 Å². The van der Waals surface area contributed by atoms with E-state index in [4.69, 9.17) is 0 Å². The van der Waals surface area contributed by atoms with Crippen LogP contribution in [0.25, 0.3) is 6.08 Å². The van der Waals surface area contributed by atoms with Crippen molar-refractivity contribution in [2.24, 2.45) is 0 Å². The van der Waals surface area contributed by atoms with Crippen LogP contribution >= 0.6 is 0 Å².